The van der Waals surface area contributed by atoms with Crippen LogP contribution in [0.15, 0.2) is 86.2 Å². The van der Waals surface area contributed by atoms with Gasteiger partial charge in [0.1, 0.15) is 0 Å². The molecule has 1 aliphatic heterocycles. The van der Waals surface area contributed by atoms with Crippen LogP contribution >= 0.6 is 47.8 Å². The van der Waals surface area contributed by atoms with Crippen LogP contribution in [-0.2, 0) is 44.5 Å². The van der Waals surface area contributed by atoms with Gasteiger partial charge in [-0.3, -0.25) is 4.79 Å². The normalized spacial score (nSPS) is 20.8. The van der Waals surface area contributed by atoms with Gasteiger partial charge in [-0.1, -0.05) is 123 Å². The SMILES string of the molecule is CC.CO[C@@H]1CCc2c(B3OC(C)(C)C(C)(C)O3)cccc21.CO[C@@H]1CCc2c(Br)cccc21.O=C1CCc2c(Br)cccc21.O[C@@H]1CCc2c(Br)cccc21.[B]C. The molecule has 310 valence electrons. The number of carbonyl (C=O) groups excluding carboxylic acids is 1. The number of methoxy groups -OCH3 is 2. The van der Waals surface area contributed by atoms with E-state index in [2.05, 4.69) is 120 Å². The average molecular weight is 981 g/mol. The predicted molar refractivity (Wildman–Crippen MR) is 250 cm³/mol. The fourth-order valence-corrected chi connectivity index (χ4v) is 9.66. The lowest BCUT2D eigenvalue weighted by atomic mass is 9.75. The number of hydrogen-bond acceptors (Lipinski definition) is 6. The van der Waals surface area contributed by atoms with Crippen molar-refractivity contribution >= 4 is 74.0 Å². The van der Waals surface area contributed by atoms with Crippen molar-refractivity contribution in [2.24, 2.45) is 0 Å². The molecule has 0 bridgehead atoms. The third-order valence-corrected chi connectivity index (χ3v) is 13.9. The van der Waals surface area contributed by atoms with Gasteiger partial charge in [-0.2, -0.15) is 0 Å². The van der Waals surface area contributed by atoms with Crippen molar-refractivity contribution in [1.29, 1.82) is 0 Å². The van der Waals surface area contributed by atoms with Gasteiger partial charge >= 0.3 is 7.12 Å². The van der Waals surface area contributed by atoms with Crippen molar-refractivity contribution in [3.8, 4) is 0 Å². The molecule has 6 nitrogen and oxygen atoms in total. The molecule has 0 aromatic heterocycles. The molecule has 1 heterocycles. The molecular weight excluding hydrogens is 922 g/mol. The fraction of sp³-hybridized carbons (Fsp3) is 0.468. The van der Waals surface area contributed by atoms with Crippen LogP contribution in [-0.4, -0.2) is 51.3 Å². The van der Waals surface area contributed by atoms with E-state index in [0.717, 1.165) is 65.0 Å². The van der Waals surface area contributed by atoms with Crippen molar-refractivity contribution in [2.45, 2.75) is 129 Å². The summed E-state index contributed by atoms with van der Waals surface area (Å²) in [5, 5.41) is 9.48. The zero-order valence-corrected chi connectivity index (χ0v) is 40.4. The van der Waals surface area contributed by atoms with Crippen molar-refractivity contribution in [2.75, 3.05) is 14.2 Å². The van der Waals surface area contributed by atoms with Crippen LogP contribution in [0.2, 0.25) is 6.82 Å². The molecule has 0 unspecified atom stereocenters. The number of Topliss-reactive ketones (excluding diaryl/α,β-unsaturated/α-hetero) is 1. The van der Waals surface area contributed by atoms with Crippen LogP contribution in [0.5, 0.6) is 0 Å². The van der Waals surface area contributed by atoms with Gasteiger partial charge in [-0.15, -0.1) is 0 Å². The van der Waals surface area contributed by atoms with E-state index in [1.807, 2.05) is 50.2 Å². The summed E-state index contributed by atoms with van der Waals surface area (Å²) in [4.78, 5) is 11.2. The number of halogens is 3. The third kappa shape index (κ3) is 11.0. The first kappa shape index (κ1) is 48.6. The minimum Gasteiger partial charge on any atom is -0.399 e. The van der Waals surface area contributed by atoms with E-state index in [-0.39, 0.29) is 36.3 Å². The van der Waals surface area contributed by atoms with Crippen LogP contribution < -0.4 is 5.46 Å². The highest BCUT2D eigenvalue weighted by Gasteiger charge is 2.52. The number of ether oxygens (including phenoxy) is 2. The summed E-state index contributed by atoms with van der Waals surface area (Å²) in [6.07, 6.45) is 8.08. The minimum absolute atomic E-state index is 0.215. The average Bonchev–Trinajstić information content (AvgIpc) is 4.05. The zero-order valence-electron chi connectivity index (χ0n) is 35.6. The lowest BCUT2D eigenvalue weighted by molar-refractivity contribution is 0.00578. The van der Waals surface area contributed by atoms with Crippen LogP contribution in [0.3, 0.4) is 0 Å². The van der Waals surface area contributed by atoms with Gasteiger partial charge in [-0.25, -0.2) is 0 Å². The summed E-state index contributed by atoms with van der Waals surface area (Å²) in [6, 6.07) is 24.5. The number of rotatable bonds is 3. The number of aliphatic hydroxyl groups excluding tert-OH is 1. The summed E-state index contributed by atoms with van der Waals surface area (Å²) in [7, 11) is 7.78. The van der Waals surface area contributed by atoms with Gasteiger partial charge in [0, 0.05) is 39.6 Å². The molecule has 58 heavy (non-hydrogen) atoms. The summed E-state index contributed by atoms with van der Waals surface area (Å²) in [5.41, 5.74) is 10.4. The van der Waals surface area contributed by atoms with Crippen molar-refractivity contribution in [1.82, 2.24) is 0 Å². The Morgan fingerprint density at radius 2 is 1.05 bits per heavy atom. The summed E-state index contributed by atoms with van der Waals surface area (Å²) < 4.78 is 26.7. The van der Waals surface area contributed by atoms with Gasteiger partial charge in [0.2, 0.25) is 0 Å². The van der Waals surface area contributed by atoms with E-state index in [4.69, 9.17) is 18.8 Å². The quantitative estimate of drug-likeness (QED) is 0.206. The first-order chi connectivity index (χ1) is 27.8. The molecular formula is C47H59B2Br3O6. The monoisotopic (exact) mass is 978 g/mol. The van der Waals surface area contributed by atoms with E-state index >= 15 is 0 Å². The zero-order chi connectivity index (χ0) is 42.8. The molecule has 2 radical (unpaired) electrons. The molecule has 4 aromatic carbocycles. The lowest BCUT2D eigenvalue weighted by Crippen LogP contribution is -2.41. The summed E-state index contributed by atoms with van der Waals surface area (Å²) >= 11 is 10.4. The Labute approximate surface area is 374 Å². The first-order valence-electron chi connectivity index (χ1n) is 20.4. The number of benzene rings is 4. The Morgan fingerprint density at radius 3 is 1.57 bits per heavy atom. The highest BCUT2D eigenvalue weighted by molar-refractivity contribution is 9.11. The Hall–Kier alpha value is -2.08. The molecule has 1 N–H and O–H groups in total. The molecule has 4 aliphatic carbocycles. The molecule has 3 atom stereocenters. The Morgan fingerprint density at radius 1 is 0.621 bits per heavy atom. The van der Waals surface area contributed by atoms with Crippen LogP contribution in [0.1, 0.15) is 135 Å². The molecule has 0 amide bonds. The van der Waals surface area contributed by atoms with Gasteiger partial charge in [0.25, 0.3) is 0 Å². The van der Waals surface area contributed by atoms with Gasteiger partial charge in [-0.05, 0) is 135 Å². The fourth-order valence-electron chi connectivity index (χ4n) is 7.93. The number of fused-ring (bicyclic) bond motifs is 4. The molecule has 4 aromatic rings. The Kier molecular flexibility index (Phi) is 18.5. The maximum absolute atomic E-state index is 11.2. The minimum atomic E-state index is -0.292. The highest BCUT2D eigenvalue weighted by atomic mass is 79.9. The predicted octanol–water partition coefficient (Wildman–Crippen LogP) is 11.9. The second kappa shape index (κ2) is 22.1. The molecule has 1 fully saturated rings. The van der Waals surface area contributed by atoms with E-state index < -0.39 is 0 Å². The topological polar surface area (TPSA) is 74.2 Å². The van der Waals surface area contributed by atoms with Gasteiger partial charge < -0.3 is 23.9 Å². The smallest absolute Gasteiger partial charge is 0.399 e. The van der Waals surface area contributed by atoms with E-state index in [1.54, 1.807) is 14.2 Å². The molecule has 1 saturated heterocycles. The second-order valence-corrected chi connectivity index (χ2v) is 18.0. The van der Waals surface area contributed by atoms with Crippen molar-refractivity contribution in [3.05, 3.63) is 131 Å². The number of carbonyl (C=O) groups is 1. The van der Waals surface area contributed by atoms with Crippen LogP contribution in [0, 0.1) is 0 Å². The number of hydrogen-bond donors (Lipinski definition) is 1. The van der Waals surface area contributed by atoms with Crippen LogP contribution in [0.25, 0.3) is 0 Å². The summed E-state index contributed by atoms with van der Waals surface area (Å²) in [6.45, 7) is 13.9. The number of aliphatic hydroxyl groups is 1. The van der Waals surface area contributed by atoms with Crippen molar-refractivity contribution < 1.29 is 28.7 Å². The third-order valence-electron chi connectivity index (χ3n) is 11.7. The van der Waals surface area contributed by atoms with Crippen molar-refractivity contribution in [3.63, 3.8) is 0 Å². The first-order valence-corrected chi connectivity index (χ1v) is 22.8. The highest BCUT2D eigenvalue weighted by Crippen LogP contribution is 2.40. The van der Waals surface area contributed by atoms with Gasteiger partial charge in [0.05, 0.1) is 37.4 Å². The lowest BCUT2D eigenvalue weighted by Gasteiger charge is -2.32. The maximum Gasteiger partial charge on any atom is 0.495 e. The molecule has 0 spiro atoms. The van der Waals surface area contributed by atoms with E-state index in [9.17, 15) is 9.90 Å². The molecule has 11 heteroatoms. The maximum atomic E-state index is 11.2. The molecule has 0 saturated carbocycles. The van der Waals surface area contributed by atoms with E-state index in [0.29, 0.717) is 12.5 Å². The molecule has 9 rings (SSSR count). The number of ketones is 1. The second-order valence-electron chi connectivity index (χ2n) is 15.4. The Bertz CT molecular complexity index is 1970. The largest absolute Gasteiger partial charge is 0.495 e. The standard InChI is InChI=1S/C16H23BO3.C10H11BrO.C9H9BrO.C9H7BrO.C2H6.CH3B/c1-15(2)16(3,4)20-17(19-15)13-8-6-7-12-11(13)9-10-14(12)18-5;1-12-10-6-5-7-8(10)3-2-4-9(7)11;2*10-8-3-1-2-7-6(8)4-5-9(7)11;2*1-2/h6-8,14H,9-10H2,1-5H3;2-4,10H,5-6H2,1H3;1-3,9,11H,4-5H2;1-3H,4-5H2;1-2H3;1H3/t14-;10-;9-;;;/m111.../s1. The molecule has 5 aliphatic rings. The Balaban J connectivity index is 0.000000172. The van der Waals surface area contributed by atoms with Crippen LogP contribution in [0.4, 0.5) is 0 Å². The van der Waals surface area contributed by atoms with E-state index in [1.165, 1.54) is 50.1 Å². The van der Waals surface area contributed by atoms with Gasteiger partial charge in [0.15, 0.2) is 5.78 Å². The summed E-state index contributed by atoms with van der Waals surface area (Å²) in [5.74, 6) is 0.279.